The molecule has 134 valence electrons. The molecule has 0 saturated carbocycles. The van der Waals surface area contributed by atoms with Gasteiger partial charge in [-0.15, -0.1) is 0 Å². The monoisotopic (exact) mass is 364 g/mol. The van der Waals surface area contributed by atoms with Crippen LogP contribution in [0, 0.1) is 0 Å². The molecule has 2 N–H and O–H groups in total. The Morgan fingerprint density at radius 2 is 1.08 bits per heavy atom. The number of carboxylic acids is 1. The summed E-state index contributed by atoms with van der Waals surface area (Å²) in [6.07, 6.45) is -11.5. The maximum Gasteiger partial charge on any atom is 0.411 e. The third-order valence-electron chi connectivity index (χ3n) is 3.72. The maximum atomic E-state index is 13.7. The van der Waals surface area contributed by atoms with Crippen LogP contribution in [-0.2, 0) is 5.41 Å². The van der Waals surface area contributed by atoms with Gasteiger partial charge in [0.1, 0.15) is 5.75 Å². The maximum absolute atomic E-state index is 13.7. The first-order valence-electron chi connectivity index (χ1n) is 6.68. The Bertz CT molecular complexity index is 746. The molecule has 0 heterocycles. The summed E-state index contributed by atoms with van der Waals surface area (Å²) in [7, 11) is 0. The molecule has 0 aliphatic heterocycles. The van der Waals surface area contributed by atoms with Crippen molar-refractivity contribution < 1.29 is 41.4 Å². The van der Waals surface area contributed by atoms with Crippen molar-refractivity contribution in [3.63, 3.8) is 0 Å². The van der Waals surface area contributed by atoms with Crippen LogP contribution >= 0.6 is 0 Å². The van der Waals surface area contributed by atoms with E-state index in [4.69, 9.17) is 10.2 Å². The summed E-state index contributed by atoms with van der Waals surface area (Å²) in [5.41, 5.74) is -7.14. The van der Waals surface area contributed by atoms with Crippen molar-refractivity contribution in [2.45, 2.75) is 17.8 Å². The van der Waals surface area contributed by atoms with E-state index in [1.54, 1.807) is 0 Å². The predicted octanol–water partition coefficient (Wildman–Crippen LogP) is 4.50. The molecule has 2 rings (SSSR count). The number of hydrogen-bond donors (Lipinski definition) is 2. The van der Waals surface area contributed by atoms with Crippen molar-refractivity contribution in [1.29, 1.82) is 0 Å². The van der Waals surface area contributed by atoms with Gasteiger partial charge in [0.15, 0.2) is 0 Å². The molecule has 2 aromatic rings. The number of rotatable bonds is 3. The molecule has 2 aromatic carbocycles. The Labute approximate surface area is 137 Å². The molecule has 0 radical (unpaired) electrons. The average molecular weight is 364 g/mol. The number of carbonyl (C=O) groups is 1. The van der Waals surface area contributed by atoms with Crippen LogP contribution in [-0.4, -0.2) is 28.5 Å². The largest absolute Gasteiger partial charge is 0.508 e. The van der Waals surface area contributed by atoms with E-state index in [1.165, 1.54) is 0 Å². The fraction of sp³-hybridized carbons (Fsp3) is 0.188. The van der Waals surface area contributed by atoms with E-state index in [9.17, 15) is 31.1 Å². The van der Waals surface area contributed by atoms with Crippen LogP contribution in [0.5, 0.6) is 5.75 Å². The van der Waals surface area contributed by atoms with Crippen molar-refractivity contribution in [2.75, 3.05) is 0 Å². The van der Waals surface area contributed by atoms with Crippen LogP contribution < -0.4 is 0 Å². The first-order valence-corrected chi connectivity index (χ1v) is 6.68. The number of hydrogen-bond acceptors (Lipinski definition) is 2. The van der Waals surface area contributed by atoms with Gasteiger partial charge < -0.3 is 10.2 Å². The Kier molecular flexibility index (Phi) is 4.45. The topological polar surface area (TPSA) is 57.5 Å². The fourth-order valence-electron chi connectivity index (χ4n) is 2.56. The molecule has 0 spiro atoms. The van der Waals surface area contributed by atoms with E-state index in [0.717, 1.165) is 0 Å². The van der Waals surface area contributed by atoms with Crippen molar-refractivity contribution >= 4 is 5.97 Å². The molecule has 0 aliphatic rings. The van der Waals surface area contributed by atoms with Crippen LogP contribution in [0.3, 0.4) is 0 Å². The number of benzene rings is 2. The van der Waals surface area contributed by atoms with E-state index in [2.05, 4.69) is 0 Å². The highest BCUT2D eigenvalue weighted by Crippen LogP contribution is 2.56. The second kappa shape index (κ2) is 5.98. The normalized spacial score (nSPS) is 12.9. The average Bonchev–Trinajstić information content (AvgIpc) is 2.47. The lowest BCUT2D eigenvalue weighted by atomic mass is 9.72. The van der Waals surface area contributed by atoms with Crippen LogP contribution in [0.15, 0.2) is 48.5 Å². The fourth-order valence-corrected chi connectivity index (χ4v) is 2.56. The molecule has 0 saturated heterocycles. The van der Waals surface area contributed by atoms with Gasteiger partial charge in [0, 0.05) is 0 Å². The summed E-state index contributed by atoms with van der Waals surface area (Å²) in [4.78, 5) is 10.8. The van der Waals surface area contributed by atoms with Gasteiger partial charge in [-0.2, -0.15) is 26.3 Å². The van der Waals surface area contributed by atoms with Gasteiger partial charge in [0.05, 0.1) is 5.56 Å². The summed E-state index contributed by atoms with van der Waals surface area (Å²) in [5, 5.41) is 17.9. The van der Waals surface area contributed by atoms with Crippen LogP contribution in [0.25, 0.3) is 0 Å². The Morgan fingerprint density at radius 1 is 0.720 bits per heavy atom. The lowest BCUT2D eigenvalue weighted by Gasteiger charge is -2.38. The number of phenols is 1. The van der Waals surface area contributed by atoms with E-state index in [-0.39, 0.29) is 0 Å². The Balaban J connectivity index is 2.83. The van der Waals surface area contributed by atoms with E-state index >= 15 is 0 Å². The molecule has 0 fully saturated rings. The van der Waals surface area contributed by atoms with Gasteiger partial charge in [0.25, 0.3) is 0 Å². The van der Waals surface area contributed by atoms with Crippen molar-refractivity contribution in [2.24, 2.45) is 0 Å². The minimum atomic E-state index is -5.77. The summed E-state index contributed by atoms with van der Waals surface area (Å²) in [6, 6.07) is 4.80. The molecule has 0 bridgehead atoms. The molecule has 0 atom stereocenters. The highest BCUT2D eigenvalue weighted by Gasteiger charge is 2.72. The van der Waals surface area contributed by atoms with Gasteiger partial charge in [-0.05, 0) is 35.4 Å². The minimum Gasteiger partial charge on any atom is -0.508 e. The molecule has 25 heavy (non-hydrogen) atoms. The van der Waals surface area contributed by atoms with Gasteiger partial charge in [0.2, 0.25) is 5.41 Å². The number of aromatic hydroxyl groups is 1. The summed E-state index contributed by atoms with van der Waals surface area (Å²) in [6.45, 7) is 0. The van der Waals surface area contributed by atoms with Gasteiger partial charge in [-0.25, -0.2) is 4.79 Å². The predicted molar refractivity (Wildman–Crippen MR) is 74.4 cm³/mol. The summed E-state index contributed by atoms with van der Waals surface area (Å²) >= 11 is 0. The Morgan fingerprint density at radius 3 is 1.40 bits per heavy atom. The van der Waals surface area contributed by atoms with Crippen LogP contribution in [0.1, 0.15) is 21.5 Å². The summed E-state index contributed by atoms with van der Waals surface area (Å²) in [5.74, 6) is -1.98. The van der Waals surface area contributed by atoms with Crippen molar-refractivity contribution in [3.05, 3.63) is 65.2 Å². The first-order chi connectivity index (χ1) is 11.4. The summed E-state index contributed by atoms with van der Waals surface area (Å²) < 4.78 is 82.2. The first kappa shape index (κ1) is 18.6. The highest BCUT2D eigenvalue weighted by atomic mass is 19.4. The van der Waals surface area contributed by atoms with Crippen molar-refractivity contribution in [1.82, 2.24) is 0 Å². The zero-order valence-corrected chi connectivity index (χ0v) is 12.2. The smallest absolute Gasteiger partial charge is 0.411 e. The molecule has 0 amide bonds. The quantitative estimate of drug-likeness (QED) is 0.789. The molecule has 9 heteroatoms. The number of phenolic OH excluding ortho intramolecular Hbond substituents is 1. The second-order valence-corrected chi connectivity index (χ2v) is 5.17. The number of carboxylic acid groups (broad SMARTS) is 1. The molecule has 0 aromatic heterocycles. The Hall–Kier alpha value is -2.71. The molecular formula is C16H10F6O3. The lowest BCUT2D eigenvalue weighted by molar-refractivity contribution is -0.288. The van der Waals surface area contributed by atoms with E-state index in [0.29, 0.717) is 48.5 Å². The second-order valence-electron chi connectivity index (χ2n) is 5.17. The zero-order valence-electron chi connectivity index (χ0n) is 12.2. The molecule has 0 aliphatic carbocycles. The highest BCUT2D eigenvalue weighted by molar-refractivity contribution is 5.87. The molecule has 0 unspecified atom stereocenters. The zero-order chi connectivity index (χ0) is 19.0. The van der Waals surface area contributed by atoms with Crippen molar-refractivity contribution in [3.8, 4) is 5.75 Å². The third-order valence-corrected chi connectivity index (χ3v) is 3.72. The van der Waals surface area contributed by atoms with Gasteiger partial charge in [-0.3, -0.25) is 0 Å². The van der Waals surface area contributed by atoms with Gasteiger partial charge >= 0.3 is 18.3 Å². The molecule has 3 nitrogen and oxygen atoms in total. The van der Waals surface area contributed by atoms with E-state index in [1.807, 2.05) is 0 Å². The van der Waals surface area contributed by atoms with Crippen LogP contribution in [0.4, 0.5) is 26.3 Å². The van der Waals surface area contributed by atoms with E-state index < -0.39 is 46.2 Å². The number of alkyl halides is 6. The number of halogens is 6. The number of aromatic carboxylic acids is 1. The third kappa shape index (κ3) is 3.01. The SMILES string of the molecule is O=C(O)c1ccc(C(c2ccc(O)cc2)(C(F)(F)F)C(F)(F)F)cc1. The standard InChI is InChI=1S/C16H10F6O3/c17-15(18,19)14(16(20,21)22,11-5-7-12(23)8-6-11)10-3-1-9(2-4-10)13(24)25/h1-8,23H,(H,24,25). The molecular weight excluding hydrogens is 354 g/mol. The van der Waals surface area contributed by atoms with Crippen LogP contribution in [0.2, 0.25) is 0 Å². The minimum absolute atomic E-state index is 0.451. The van der Waals surface area contributed by atoms with Gasteiger partial charge in [-0.1, -0.05) is 24.3 Å². The lowest BCUT2D eigenvalue weighted by Crippen LogP contribution is -2.54.